The van der Waals surface area contributed by atoms with E-state index < -0.39 is 0 Å². The molecule has 140 valence electrons. The maximum absolute atomic E-state index is 12.1. The number of pyridine rings is 1. The van der Waals surface area contributed by atoms with Crippen LogP contribution in [0.2, 0.25) is 0 Å². The Bertz CT molecular complexity index is 967. The van der Waals surface area contributed by atoms with Crippen molar-refractivity contribution in [1.82, 2.24) is 10.4 Å². The predicted octanol–water partition coefficient (Wildman–Crippen LogP) is 4.17. The normalized spacial score (nSPS) is 11.4. The third kappa shape index (κ3) is 5.64. The first-order valence-electron chi connectivity index (χ1n) is 8.91. The van der Waals surface area contributed by atoms with E-state index in [1.807, 2.05) is 85.8 Å². The number of ether oxygens (including phenoxy) is 1. The van der Waals surface area contributed by atoms with Crippen molar-refractivity contribution >= 4 is 23.8 Å². The molecule has 0 saturated heterocycles. The lowest BCUT2D eigenvalue weighted by molar-refractivity contribution is -0.123. The maximum Gasteiger partial charge on any atom is 0.277 e. The zero-order valence-corrected chi connectivity index (χ0v) is 15.6. The summed E-state index contributed by atoms with van der Waals surface area (Å²) in [4.78, 5) is 16.1. The highest BCUT2D eigenvalue weighted by Crippen LogP contribution is 2.20. The molecule has 3 aromatic rings. The van der Waals surface area contributed by atoms with Crippen LogP contribution in [0.5, 0.6) is 5.75 Å². The summed E-state index contributed by atoms with van der Waals surface area (Å²) in [5.41, 5.74) is 6.02. The van der Waals surface area contributed by atoms with Gasteiger partial charge >= 0.3 is 0 Å². The van der Waals surface area contributed by atoms with Crippen LogP contribution in [0, 0.1) is 0 Å². The lowest BCUT2D eigenvalue weighted by atomic mass is 10.1. The summed E-state index contributed by atoms with van der Waals surface area (Å²) in [6.07, 6.45) is 7.35. The monoisotopic (exact) mass is 371 g/mol. The lowest BCUT2D eigenvalue weighted by Crippen LogP contribution is -2.25. The van der Waals surface area contributed by atoms with Gasteiger partial charge in [0.15, 0.2) is 6.61 Å². The fraction of sp³-hybridized carbons (Fsp3) is 0.0870. The molecule has 1 heterocycles. The Labute approximate surface area is 164 Å². The largest absolute Gasteiger partial charge is 0.483 e. The van der Waals surface area contributed by atoms with Crippen molar-refractivity contribution in [1.29, 1.82) is 0 Å². The second-order valence-corrected chi connectivity index (χ2v) is 6.04. The highest BCUT2D eigenvalue weighted by Gasteiger charge is 2.05. The number of carbonyl (C=O) groups excluding carboxylic acids is 1. The van der Waals surface area contributed by atoms with Crippen molar-refractivity contribution in [2.75, 3.05) is 6.61 Å². The Morgan fingerprint density at radius 2 is 1.82 bits per heavy atom. The molecular formula is C23H21N3O2. The Morgan fingerprint density at radius 3 is 2.61 bits per heavy atom. The van der Waals surface area contributed by atoms with Gasteiger partial charge in [-0.15, -0.1) is 0 Å². The summed E-state index contributed by atoms with van der Waals surface area (Å²) in [6.45, 7) is 1.68. The minimum atomic E-state index is -0.329. The molecule has 3 rings (SSSR count). The number of rotatable bonds is 7. The summed E-state index contributed by atoms with van der Waals surface area (Å²) in [7, 11) is 0. The third-order valence-corrected chi connectivity index (χ3v) is 3.96. The molecule has 0 bridgehead atoms. The lowest BCUT2D eigenvalue weighted by Gasteiger charge is -2.08. The average molecular weight is 371 g/mol. The molecule has 0 aliphatic rings. The van der Waals surface area contributed by atoms with Crippen molar-refractivity contribution in [3.8, 4) is 5.75 Å². The standard InChI is InChI=1S/C23H21N3O2/c1-18(21-11-7-15-24-16-21)25-26-23(27)17-28-22-12-6-5-10-20(22)14-13-19-8-3-2-4-9-19/h2-16H,17H2,1H3,(H,26,27)/b14-13+,25-18+. The van der Waals surface area contributed by atoms with E-state index in [1.165, 1.54) is 0 Å². The molecule has 0 saturated carbocycles. The van der Waals surface area contributed by atoms with Gasteiger partial charge in [0, 0.05) is 23.5 Å². The quantitative estimate of drug-likeness (QED) is 0.385. The number of aromatic nitrogens is 1. The van der Waals surface area contributed by atoms with Crippen molar-refractivity contribution in [2.45, 2.75) is 6.92 Å². The van der Waals surface area contributed by atoms with Gasteiger partial charge in [-0.3, -0.25) is 9.78 Å². The number of hydrogen-bond donors (Lipinski definition) is 1. The second-order valence-electron chi connectivity index (χ2n) is 6.04. The topological polar surface area (TPSA) is 63.6 Å². The van der Waals surface area contributed by atoms with Gasteiger partial charge in [-0.05, 0) is 24.6 Å². The van der Waals surface area contributed by atoms with Crippen LogP contribution >= 0.6 is 0 Å². The minimum absolute atomic E-state index is 0.125. The molecule has 0 aliphatic heterocycles. The summed E-state index contributed by atoms with van der Waals surface area (Å²) in [6, 6.07) is 21.3. The van der Waals surface area contributed by atoms with Gasteiger partial charge in [-0.2, -0.15) is 5.10 Å². The summed E-state index contributed by atoms with van der Waals surface area (Å²) < 4.78 is 5.68. The molecule has 5 heteroatoms. The molecule has 0 spiro atoms. The van der Waals surface area contributed by atoms with Crippen molar-refractivity contribution in [3.05, 3.63) is 95.8 Å². The van der Waals surface area contributed by atoms with Crippen LogP contribution in [0.3, 0.4) is 0 Å². The van der Waals surface area contributed by atoms with E-state index in [0.717, 1.165) is 16.7 Å². The molecular weight excluding hydrogens is 350 g/mol. The van der Waals surface area contributed by atoms with Gasteiger partial charge in [-0.1, -0.05) is 66.7 Å². The fourth-order valence-electron chi connectivity index (χ4n) is 2.46. The number of para-hydroxylation sites is 1. The fourth-order valence-corrected chi connectivity index (χ4v) is 2.46. The Balaban J connectivity index is 1.59. The smallest absolute Gasteiger partial charge is 0.277 e. The number of hydrogen-bond acceptors (Lipinski definition) is 4. The molecule has 1 amide bonds. The molecule has 0 radical (unpaired) electrons. The number of hydrazone groups is 1. The molecule has 1 aromatic heterocycles. The maximum atomic E-state index is 12.1. The van der Waals surface area contributed by atoms with Crippen LogP contribution < -0.4 is 10.2 Å². The first kappa shape index (κ1) is 19.0. The van der Waals surface area contributed by atoms with Crippen LogP contribution in [0.25, 0.3) is 12.2 Å². The zero-order valence-electron chi connectivity index (χ0n) is 15.6. The zero-order chi connectivity index (χ0) is 19.6. The van der Waals surface area contributed by atoms with E-state index in [1.54, 1.807) is 12.4 Å². The van der Waals surface area contributed by atoms with E-state index >= 15 is 0 Å². The van der Waals surface area contributed by atoms with Crippen molar-refractivity contribution in [3.63, 3.8) is 0 Å². The van der Waals surface area contributed by atoms with E-state index in [2.05, 4.69) is 15.5 Å². The van der Waals surface area contributed by atoms with Gasteiger partial charge in [0.05, 0.1) is 5.71 Å². The summed E-state index contributed by atoms with van der Waals surface area (Å²) in [5, 5.41) is 4.09. The van der Waals surface area contributed by atoms with Gasteiger partial charge in [0.25, 0.3) is 5.91 Å². The average Bonchev–Trinajstić information content (AvgIpc) is 2.76. The molecule has 0 unspecified atom stereocenters. The first-order valence-corrected chi connectivity index (χ1v) is 8.91. The minimum Gasteiger partial charge on any atom is -0.483 e. The van der Waals surface area contributed by atoms with Crippen LogP contribution in [0.1, 0.15) is 23.6 Å². The second kappa shape index (κ2) is 9.83. The number of nitrogens with zero attached hydrogens (tertiary/aromatic N) is 2. The van der Waals surface area contributed by atoms with Crippen molar-refractivity contribution in [2.24, 2.45) is 5.10 Å². The van der Waals surface area contributed by atoms with Gasteiger partial charge < -0.3 is 4.74 Å². The number of nitrogens with one attached hydrogen (secondary N) is 1. The first-order chi connectivity index (χ1) is 13.7. The van der Waals surface area contributed by atoms with Gasteiger partial charge in [0.2, 0.25) is 0 Å². The highest BCUT2D eigenvalue weighted by atomic mass is 16.5. The SMILES string of the molecule is C/C(=N\NC(=O)COc1ccccc1/C=C/c1ccccc1)c1cccnc1. The summed E-state index contributed by atoms with van der Waals surface area (Å²) in [5.74, 6) is 0.308. The van der Waals surface area contributed by atoms with Crippen LogP contribution in [-0.4, -0.2) is 23.2 Å². The molecule has 28 heavy (non-hydrogen) atoms. The number of amides is 1. The third-order valence-electron chi connectivity index (χ3n) is 3.96. The van der Waals surface area contributed by atoms with Crippen LogP contribution in [-0.2, 0) is 4.79 Å². The molecule has 5 nitrogen and oxygen atoms in total. The molecule has 2 aromatic carbocycles. The summed E-state index contributed by atoms with van der Waals surface area (Å²) >= 11 is 0. The van der Waals surface area contributed by atoms with E-state index in [-0.39, 0.29) is 12.5 Å². The number of carbonyl (C=O) groups is 1. The Hall–Kier alpha value is -3.73. The predicted molar refractivity (Wildman–Crippen MR) is 112 cm³/mol. The Kier molecular flexibility index (Phi) is 6.68. The van der Waals surface area contributed by atoms with E-state index in [9.17, 15) is 4.79 Å². The number of benzene rings is 2. The highest BCUT2D eigenvalue weighted by molar-refractivity contribution is 5.98. The van der Waals surface area contributed by atoms with Crippen LogP contribution in [0.4, 0.5) is 0 Å². The molecule has 0 atom stereocenters. The Morgan fingerprint density at radius 1 is 1.04 bits per heavy atom. The van der Waals surface area contributed by atoms with E-state index in [4.69, 9.17) is 4.74 Å². The van der Waals surface area contributed by atoms with Crippen LogP contribution in [0.15, 0.2) is 84.2 Å². The molecule has 1 N–H and O–H groups in total. The van der Waals surface area contributed by atoms with Gasteiger partial charge in [-0.25, -0.2) is 5.43 Å². The molecule has 0 fully saturated rings. The van der Waals surface area contributed by atoms with Crippen molar-refractivity contribution < 1.29 is 9.53 Å². The molecule has 0 aliphatic carbocycles. The van der Waals surface area contributed by atoms with E-state index in [0.29, 0.717) is 11.5 Å². The van der Waals surface area contributed by atoms with Gasteiger partial charge in [0.1, 0.15) is 5.75 Å².